The van der Waals surface area contributed by atoms with Crippen molar-refractivity contribution in [3.8, 4) is 0 Å². The van der Waals surface area contributed by atoms with Gasteiger partial charge in [0.2, 0.25) is 5.91 Å². The van der Waals surface area contributed by atoms with E-state index in [4.69, 9.17) is 4.99 Å². The van der Waals surface area contributed by atoms with Gasteiger partial charge < -0.3 is 15.5 Å². The lowest BCUT2D eigenvalue weighted by Crippen LogP contribution is -2.51. The van der Waals surface area contributed by atoms with Crippen LogP contribution in [0.15, 0.2) is 16.4 Å². The van der Waals surface area contributed by atoms with Crippen LogP contribution in [-0.4, -0.2) is 67.5 Å². The number of fused-ring (bicyclic) bond motifs is 1. The summed E-state index contributed by atoms with van der Waals surface area (Å²) >= 11 is 1.89. The van der Waals surface area contributed by atoms with E-state index in [1.807, 2.05) is 11.3 Å². The monoisotopic (exact) mass is 517 g/mol. The Morgan fingerprint density at radius 3 is 3.11 bits per heavy atom. The van der Waals surface area contributed by atoms with Crippen molar-refractivity contribution < 1.29 is 4.79 Å². The van der Waals surface area contributed by atoms with Gasteiger partial charge >= 0.3 is 0 Å². The van der Waals surface area contributed by atoms with E-state index in [-0.39, 0.29) is 35.3 Å². The van der Waals surface area contributed by atoms with Gasteiger partial charge in [0.25, 0.3) is 0 Å². The molecule has 1 amide bonds. The number of carbonyl (C=O) groups is 1. The summed E-state index contributed by atoms with van der Waals surface area (Å²) in [5.74, 6) is 1.22. The third-order valence-electron chi connectivity index (χ3n) is 6.06. The Morgan fingerprint density at radius 2 is 2.32 bits per heavy atom. The van der Waals surface area contributed by atoms with Crippen molar-refractivity contribution in [2.75, 3.05) is 45.8 Å². The molecule has 6 nitrogen and oxygen atoms in total. The first-order valence-corrected chi connectivity index (χ1v) is 11.1. The van der Waals surface area contributed by atoms with Crippen molar-refractivity contribution in [1.82, 2.24) is 20.4 Å². The van der Waals surface area contributed by atoms with Crippen LogP contribution in [0, 0.1) is 5.41 Å². The maximum absolute atomic E-state index is 11.8. The molecule has 2 N–H and O–H groups in total. The number of amides is 1. The molecular formula is C20H32IN5OS. The highest BCUT2D eigenvalue weighted by molar-refractivity contribution is 14.0. The zero-order valence-electron chi connectivity index (χ0n) is 16.7. The van der Waals surface area contributed by atoms with Gasteiger partial charge in [0.1, 0.15) is 0 Å². The molecule has 0 aromatic carbocycles. The van der Waals surface area contributed by atoms with Crippen molar-refractivity contribution >= 4 is 47.2 Å². The fourth-order valence-electron chi connectivity index (χ4n) is 4.65. The highest BCUT2D eigenvalue weighted by Gasteiger charge is 2.42. The van der Waals surface area contributed by atoms with Crippen LogP contribution in [0.5, 0.6) is 0 Å². The topological polar surface area (TPSA) is 60.0 Å². The van der Waals surface area contributed by atoms with Gasteiger partial charge in [-0.1, -0.05) is 0 Å². The Balaban J connectivity index is 0.00000225. The minimum absolute atomic E-state index is 0. The molecule has 4 heterocycles. The Labute approximate surface area is 189 Å². The van der Waals surface area contributed by atoms with E-state index in [9.17, 15) is 4.79 Å². The molecule has 2 saturated heterocycles. The maximum Gasteiger partial charge on any atom is 0.220 e. The summed E-state index contributed by atoms with van der Waals surface area (Å²) in [6, 6.07) is 2.27. The molecule has 1 aromatic rings. The average Bonchev–Trinajstić information content (AvgIpc) is 3.27. The van der Waals surface area contributed by atoms with E-state index in [1.54, 1.807) is 4.88 Å². The molecule has 156 valence electrons. The number of guanidine groups is 1. The van der Waals surface area contributed by atoms with E-state index >= 15 is 0 Å². The summed E-state index contributed by atoms with van der Waals surface area (Å²) < 4.78 is 0. The lowest BCUT2D eigenvalue weighted by Gasteiger charge is -2.40. The molecule has 0 bridgehead atoms. The van der Waals surface area contributed by atoms with Gasteiger partial charge in [0.05, 0.1) is 6.54 Å². The fraction of sp³-hybridized carbons (Fsp3) is 0.700. The summed E-state index contributed by atoms with van der Waals surface area (Å²) in [4.78, 5) is 23.1. The van der Waals surface area contributed by atoms with Gasteiger partial charge in [-0.15, -0.1) is 35.3 Å². The second kappa shape index (κ2) is 9.75. The number of thiophene rings is 1. The van der Waals surface area contributed by atoms with E-state index in [0.717, 1.165) is 71.2 Å². The number of aliphatic imine (C=N–C) groups is 1. The minimum atomic E-state index is 0. The first kappa shape index (κ1) is 21.8. The molecule has 1 aromatic heterocycles. The second-order valence-electron chi connectivity index (χ2n) is 8.11. The van der Waals surface area contributed by atoms with Crippen LogP contribution >= 0.6 is 35.3 Å². The van der Waals surface area contributed by atoms with Crippen LogP contribution in [0.2, 0.25) is 0 Å². The van der Waals surface area contributed by atoms with Crippen molar-refractivity contribution in [2.24, 2.45) is 10.4 Å². The maximum atomic E-state index is 11.8. The lowest BCUT2D eigenvalue weighted by atomic mass is 9.79. The van der Waals surface area contributed by atoms with E-state index in [1.165, 1.54) is 12.0 Å². The Morgan fingerprint density at radius 1 is 1.43 bits per heavy atom. The number of nitrogens with one attached hydrogen (secondary N) is 2. The summed E-state index contributed by atoms with van der Waals surface area (Å²) in [7, 11) is 0. The van der Waals surface area contributed by atoms with Gasteiger partial charge in [-0.2, -0.15) is 0 Å². The molecule has 3 aliphatic heterocycles. The standard InChI is InChI=1S/C20H31N5OS.HI/c1-2-21-19(25-8-3-6-20(15-25)12-18(26)23-14-20)22-7-10-24-9-4-17-16(13-24)5-11-27-17;/h5,11H,2-4,6-10,12-15H2,1H3,(H,21,22)(H,23,26);1H. The molecule has 3 aliphatic rings. The van der Waals surface area contributed by atoms with Gasteiger partial charge in [-0.05, 0) is 43.2 Å². The first-order valence-electron chi connectivity index (χ1n) is 10.2. The molecule has 0 radical (unpaired) electrons. The quantitative estimate of drug-likeness (QED) is 0.366. The number of halogens is 1. The fourth-order valence-corrected chi connectivity index (χ4v) is 5.54. The van der Waals surface area contributed by atoms with E-state index < -0.39 is 0 Å². The summed E-state index contributed by atoms with van der Waals surface area (Å²) in [6.07, 6.45) is 4.11. The van der Waals surface area contributed by atoms with Crippen molar-refractivity contribution in [3.63, 3.8) is 0 Å². The third-order valence-corrected chi connectivity index (χ3v) is 7.08. The van der Waals surface area contributed by atoms with Crippen LogP contribution in [0.25, 0.3) is 0 Å². The first-order chi connectivity index (χ1) is 13.2. The van der Waals surface area contributed by atoms with Gasteiger partial charge in [-0.3, -0.25) is 14.7 Å². The zero-order valence-corrected chi connectivity index (χ0v) is 19.9. The number of hydrogen-bond donors (Lipinski definition) is 2. The second-order valence-corrected chi connectivity index (χ2v) is 9.11. The number of hydrogen-bond acceptors (Lipinski definition) is 4. The number of nitrogens with zero attached hydrogens (tertiary/aromatic N) is 3. The van der Waals surface area contributed by atoms with Crippen molar-refractivity contribution in [1.29, 1.82) is 0 Å². The Kier molecular flexibility index (Phi) is 7.60. The Hall–Kier alpha value is -0.870. The predicted octanol–water partition coefficient (Wildman–Crippen LogP) is 2.29. The van der Waals surface area contributed by atoms with Crippen molar-refractivity contribution in [2.45, 2.75) is 39.2 Å². The van der Waals surface area contributed by atoms with E-state index in [0.29, 0.717) is 6.42 Å². The van der Waals surface area contributed by atoms with Crippen LogP contribution in [0.3, 0.4) is 0 Å². The molecule has 28 heavy (non-hydrogen) atoms. The van der Waals surface area contributed by atoms with Crippen LogP contribution < -0.4 is 10.6 Å². The number of carbonyl (C=O) groups excluding carboxylic acids is 1. The van der Waals surface area contributed by atoms with E-state index in [2.05, 4.69) is 38.8 Å². The number of likely N-dealkylation sites (tertiary alicyclic amines) is 1. The minimum Gasteiger partial charge on any atom is -0.357 e. The van der Waals surface area contributed by atoms with Crippen LogP contribution in [-0.2, 0) is 17.8 Å². The molecule has 0 saturated carbocycles. The average molecular weight is 517 g/mol. The summed E-state index contributed by atoms with van der Waals surface area (Å²) in [5, 5.41) is 8.72. The lowest BCUT2D eigenvalue weighted by molar-refractivity contribution is -0.119. The number of rotatable bonds is 4. The summed E-state index contributed by atoms with van der Waals surface area (Å²) in [5.41, 5.74) is 1.60. The molecule has 1 unspecified atom stereocenters. The van der Waals surface area contributed by atoms with Gasteiger partial charge in [0, 0.05) is 62.5 Å². The normalized spacial score (nSPS) is 25.4. The molecule has 1 atom stereocenters. The molecule has 4 rings (SSSR count). The van der Waals surface area contributed by atoms with Crippen LogP contribution in [0.4, 0.5) is 0 Å². The summed E-state index contributed by atoms with van der Waals surface area (Å²) in [6.45, 7) is 9.80. The molecule has 2 fully saturated rings. The van der Waals surface area contributed by atoms with Gasteiger partial charge in [-0.25, -0.2) is 0 Å². The molecule has 0 aliphatic carbocycles. The molecule has 1 spiro atoms. The highest BCUT2D eigenvalue weighted by Crippen LogP contribution is 2.36. The molecular weight excluding hydrogens is 485 g/mol. The molecule has 8 heteroatoms. The number of piperidine rings is 1. The predicted molar refractivity (Wildman–Crippen MR) is 126 cm³/mol. The van der Waals surface area contributed by atoms with Gasteiger partial charge in [0.15, 0.2) is 5.96 Å². The Bertz CT molecular complexity index is 709. The SMILES string of the molecule is CCNC(=NCCN1CCc2sccc2C1)N1CCCC2(CNC(=O)C2)C1.I. The largest absolute Gasteiger partial charge is 0.357 e. The smallest absolute Gasteiger partial charge is 0.220 e. The third kappa shape index (κ3) is 4.99. The van der Waals surface area contributed by atoms with Crippen LogP contribution in [0.1, 0.15) is 36.6 Å². The zero-order chi connectivity index (χ0) is 18.7. The van der Waals surface area contributed by atoms with Crippen molar-refractivity contribution in [3.05, 3.63) is 21.9 Å². The highest BCUT2D eigenvalue weighted by atomic mass is 127.